The molecule has 12 heteroatoms. The Labute approximate surface area is 173 Å². The van der Waals surface area contributed by atoms with E-state index in [-0.39, 0.29) is 15.1 Å². The summed E-state index contributed by atoms with van der Waals surface area (Å²) >= 11 is 12.4. The number of amidine groups is 1. The summed E-state index contributed by atoms with van der Waals surface area (Å²) in [5, 5.41) is 10.3. The number of hydrogen-bond donors (Lipinski definition) is 1. The van der Waals surface area contributed by atoms with E-state index in [0.29, 0.717) is 12.1 Å². The van der Waals surface area contributed by atoms with Gasteiger partial charge in [-0.1, -0.05) is 35.0 Å². The zero-order valence-electron chi connectivity index (χ0n) is 13.9. The minimum atomic E-state index is -4.83. The molecule has 148 valence electrons. The molecule has 0 amide bonds. The van der Waals surface area contributed by atoms with E-state index in [4.69, 9.17) is 28.5 Å². The van der Waals surface area contributed by atoms with Gasteiger partial charge in [-0.15, -0.1) is 0 Å². The van der Waals surface area contributed by atoms with Crippen LogP contribution < -0.4 is 5.32 Å². The van der Waals surface area contributed by atoms with E-state index in [1.165, 1.54) is 30.5 Å². The molecule has 0 fully saturated rings. The first-order chi connectivity index (χ1) is 13.0. The van der Waals surface area contributed by atoms with Crippen LogP contribution in [0, 0.1) is 11.5 Å². The lowest BCUT2D eigenvalue weighted by Gasteiger charge is -2.14. The fraction of sp³-hybridized carbons (Fsp3) is 0.125. The number of halogens is 5. The lowest BCUT2D eigenvalue weighted by molar-refractivity contribution is -0.137. The van der Waals surface area contributed by atoms with Crippen LogP contribution in [0.5, 0.6) is 0 Å². The number of benzene rings is 2. The number of alkyl halides is 3. The number of nitriles is 1. The van der Waals surface area contributed by atoms with E-state index >= 15 is 0 Å². The van der Waals surface area contributed by atoms with Crippen LogP contribution in [-0.4, -0.2) is 19.8 Å². The number of rotatable bonds is 3. The smallest absolute Gasteiger partial charge is 0.271 e. The Morgan fingerprint density at radius 2 is 1.82 bits per heavy atom. The molecule has 0 spiro atoms. The van der Waals surface area contributed by atoms with E-state index < -0.39 is 37.2 Å². The molecule has 1 N–H and O–H groups in total. The molecule has 2 aromatic carbocycles. The third-order valence-electron chi connectivity index (χ3n) is 3.35. The fourth-order valence-electron chi connectivity index (χ4n) is 2.09. The van der Waals surface area contributed by atoms with Crippen molar-refractivity contribution in [1.82, 2.24) is 5.32 Å². The lowest BCUT2D eigenvalue weighted by atomic mass is 10.2. The molecular weight excluding hydrogens is 458 g/mol. The predicted molar refractivity (Wildman–Crippen MR) is 103 cm³/mol. The molecule has 0 atom stereocenters. The zero-order chi connectivity index (χ0) is 21.1. The average Bonchev–Trinajstić information content (AvgIpc) is 2.61. The van der Waals surface area contributed by atoms with E-state index in [9.17, 15) is 21.6 Å². The summed E-state index contributed by atoms with van der Waals surface area (Å²) in [6.07, 6.45) is -1.74. The van der Waals surface area contributed by atoms with Crippen molar-refractivity contribution in [2.24, 2.45) is 4.99 Å². The highest BCUT2D eigenvalue weighted by molar-refractivity contribution is 8.13. The Balaban J connectivity index is 2.80. The van der Waals surface area contributed by atoms with Gasteiger partial charge in [0.1, 0.15) is 0 Å². The van der Waals surface area contributed by atoms with Gasteiger partial charge >= 0.3 is 6.18 Å². The maximum absolute atomic E-state index is 13.2. The maximum atomic E-state index is 13.2. The monoisotopic (exact) mass is 467 g/mol. The van der Waals surface area contributed by atoms with Crippen LogP contribution in [0.1, 0.15) is 5.56 Å². The Hall–Kier alpha value is -1.93. The Morgan fingerprint density at radius 1 is 1.21 bits per heavy atom. The van der Waals surface area contributed by atoms with Crippen molar-refractivity contribution in [3.8, 4) is 6.19 Å². The number of thioether (sulfide) groups is 1. The SMILES string of the molecule is CSC(=Nc1cc(C(F)(F)F)c(Cl)cc1S(=O)(=O)c1ccc(Cl)cc1)NC#N. The highest BCUT2D eigenvalue weighted by Gasteiger charge is 2.36. The van der Waals surface area contributed by atoms with Crippen molar-refractivity contribution in [3.05, 3.63) is 52.0 Å². The summed E-state index contributed by atoms with van der Waals surface area (Å²) in [5.74, 6) is 0. The van der Waals surface area contributed by atoms with Crippen LogP contribution in [-0.2, 0) is 16.0 Å². The van der Waals surface area contributed by atoms with Crippen LogP contribution >= 0.6 is 35.0 Å². The summed E-state index contributed by atoms with van der Waals surface area (Å²) in [4.78, 5) is 3.13. The Bertz CT molecular complexity index is 1060. The third kappa shape index (κ3) is 4.91. The van der Waals surface area contributed by atoms with Gasteiger partial charge in [-0.05, 0) is 42.7 Å². The summed E-state index contributed by atoms with van der Waals surface area (Å²) in [6, 6.07) is 6.29. The molecule has 0 heterocycles. The maximum Gasteiger partial charge on any atom is 0.417 e. The van der Waals surface area contributed by atoms with Gasteiger partial charge in [0.05, 0.1) is 26.1 Å². The fourth-order valence-corrected chi connectivity index (χ4v) is 4.29. The van der Waals surface area contributed by atoms with Crippen LogP contribution in [0.15, 0.2) is 51.2 Å². The van der Waals surface area contributed by atoms with Crippen molar-refractivity contribution in [2.75, 3.05) is 6.26 Å². The van der Waals surface area contributed by atoms with Crippen LogP contribution in [0.2, 0.25) is 10.0 Å². The molecule has 2 rings (SSSR count). The third-order valence-corrected chi connectivity index (χ3v) is 6.29. The molecular formula is C16H10Cl2F3N3O2S2. The second-order valence-corrected chi connectivity index (χ2v) is 8.67. The van der Waals surface area contributed by atoms with Gasteiger partial charge in [0.15, 0.2) is 11.4 Å². The van der Waals surface area contributed by atoms with Crippen molar-refractivity contribution >= 4 is 55.7 Å². The highest BCUT2D eigenvalue weighted by Crippen LogP contribution is 2.41. The van der Waals surface area contributed by atoms with Crippen molar-refractivity contribution in [2.45, 2.75) is 16.0 Å². The van der Waals surface area contributed by atoms with Gasteiger partial charge < -0.3 is 0 Å². The Kier molecular flexibility index (Phi) is 6.88. The normalized spacial score (nSPS) is 12.5. The number of sulfone groups is 1. The van der Waals surface area contributed by atoms with Crippen LogP contribution in [0.3, 0.4) is 0 Å². The van der Waals surface area contributed by atoms with Gasteiger partial charge in [0.25, 0.3) is 0 Å². The number of aliphatic imine (C=N–C) groups is 1. The van der Waals surface area contributed by atoms with E-state index in [1.807, 2.05) is 0 Å². The van der Waals surface area contributed by atoms with Crippen LogP contribution in [0.4, 0.5) is 18.9 Å². The van der Waals surface area contributed by atoms with Gasteiger partial charge in [-0.25, -0.2) is 13.4 Å². The second-order valence-electron chi connectivity index (χ2n) is 5.11. The molecule has 0 aliphatic rings. The van der Waals surface area contributed by atoms with Gasteiger partial charge in [-0.3, -0.25) is 5.32 Å². The summed E-state index contributed by atoms with van der Waals surface area (Å²) < 4.78 is 65.6. The molecule has 0 aromatic heterocycles. The predicted octanol–water partition coefficient (Wildman–Crippen LogP) is 5.27. The number of hydrogen-bond acceptors (Lipinski definition) is 5. The van der Waals surface area contributed by atoms with Crippen LogP contribution in [0.25, 0.3) is 0 Å². The lowest BCUT2D eigenvalue weighted by Crippen LogP contribution is -2.14. The molecule has 0 aliphatic heterocycles. The number of nitrogens with one attached hydrogen (secondary N) is 1. The molecule has 28 heavy (non-hydrogen) atoms. The molecule has 0 unspecified atom stereocenters. The quantitative estimate of drug-likeness (QED) is 0.288. The standard InChI is InChI=1S/C16H10Cl2F3N3O2S2/c1-27-15(23-8-22)24-13-6-11(16(19,20)21)12(18)7-14(13)28(25,26)10-4-2-9(17)3-5-10/h2-7H,1H3,(H,23,24). The minimum absolute atomic E-state index is 0.0921. The molecule has 0 saturated carbocycles. The summed E-state index contributed by atoms with van der Waals surface area (Å²) in [6.45, 7) is 0. The largest absolute Gasteiger partial charge is 0.417 e. The first kappa shape index (κ1) is 22.4. The molecule has 0 radical (unpaired) electrons. The molecule has 0 bridgehead atoms. The Morgan fingerprint density at radius 3 is 2.32 bits per heavy atom. The minimum Gasteiger partial charge on any atom is -0.271 e. The zero-order valence-corrected chi connectivity index (χ0v) is 17.0. The highest BCUT2D eigenvalue weighted by atomic mass is 35.5. The topological polar surface area (TPSA) is 82.3 Å². The van der Waals surface area contributed by atoms with Crippen molar-refractivity contribution in [1.29, 1.82) is 5.26 Å². The van der Waals surface area contributed by atoms with E-state index in [1.54, 1.807) is 6.19 Å². The van der Waals surface area contributed by atoms with E-state index in [2.05, 4.69) is 10.3 Å². The summed E-state index contributed by atoms with van der Waals surface area (Å²) in [7, 11) is -4.28. The second kappa shape index (κ2) is 8.61. The van der Waals surface area contributed by atoms with E-state index in [0.717, 1.165) is 11.8 Å². The first-order valence-corrected chi connectivity index (χ1v) is 10.7. The summed E-state index contributed by atoms with van der Waals surface area (Å²) in [5.41, 5.74) is -1.76. The van der Waals surface area contributed by atoms with Crippen molar-refractivity contribution in [3.63, 3.8) is 0 Å². The van der Waals surface area contributed by atoms with Gasteiger partial charge in [0.2, 0.25) is 9.84 Å². The number of nitrogens with zero attached hydrogens (tertiary/aromatic N) is 2. The molecule has 5 nitrogen and oxygen atoms in total. The molecule has 0 saturated heterocycles. The van der Waals surface area contributed by atoms with Gasteiger partial charge in [-0.2, -0.15) is 18.4 Å². The molecule has 2 aromatic rings. The molecule has 0 aliphatic carbocycles. The average molecular weight is 468 g/mol. The van der Waals surface area contributed by atoms with Gasteiger partial charge in [0, 0.05) is 5.02 Å². The van der Waals surface area contributed by atoms with Crippen molar-refractivity contribution < 1.29 is 21.6 Å². The first-order valence-electron chi connectivity index (χ1n) is 7.20.